The minimum Gasteiger partial charge on any atom is -0.391 e. The highest BCUT2D eigenvalue weighted by atomic mass is 16.3. The van der Waals surface area contributed by atoms with Crippen LogP contribution >= 0.6 is 0 Å². The van der Waals surface area contributed by atoms with Crippen LogP contribution in [0.1, 0.15) is 27.2 Å². The predicted octanol–water partition coefficient (Wildman–Crippen LogP) is 1.10. The summed E-state index contributed by atoms with van der Waals surface area (Å²) in [5, 5.41) is 9.65. The molecule has 66 valence electrons. The first-order valence-electron chi connectivity index (χ1n) is 4.31. The van der Waals surface area contributed by atoms with Crippen LogP contribution in [0, 0.1) is 5.41 Å². The van der Waals surface area contributed by atoms with Crippen molar-refractivity contribution in [1.29, 1.82) is 0 Å². The van der Waals surface area contributed by atoms with Crippen LogP contribution in [0.15, 0.2) is 0 Å². The zero-order chi connectivity index (χ0) is 8.65. The van der Waals surface area contributed by atoms with E-state index in [9.17, 15) is 5.11 Å². The third-order valence-corrected chi connectivity index (χ3v) is 2.50. The standard InChI is InChI=1S/C9H19NO/c1-9(2,3)8-7(11)5-6-10(8)4/h7-8,11H,5-6H2,1-4H3/t7?,8-/m1/s1. The Morgan fingerprint density at radius 1 is 1.36 bits per heavy atom. The summed E-state index contributed by atoms with van der Waals surface area (Å²) < 4.78 is 0. The molecular formula is C9H19NO. The molecule has 2 atom stereocenters. The van der Waals surface area contributed by atoms with E-state index in [2.05, 4.69) is 32.7 Å². The van der Waals surface area contributed by atoms with Gasteiger partial charge in [-0.25, -0.2) is 0 Å². The van der Waals surface area contributed by atoms with Crippen LogP contribution in [0.2, 0.25) is 0 Å². The average molecular weight is 157 g/mol. The maximum Gasteiger partial charge on any atom is 0.0712 e. The van der Waals surface area contributed by atoms with E-state index in [1.807, 2.05) is 0 Å². The fourth-order valence-corrected chi connectivity index (χ4v) is 2.16. The molecule has 11 heavy (non-hydrogen) atoms. The summed E-state index contributed by atoms with van der Waals surface area (Å²) in [5.41, 5.74) is 0.199. The van der Waals surface area contributed by atoms with Gasteiger partial charge < -0.3 is 10.0 Å². The van der Waals surface area contributed by atoms with Crippen LogP contribution in [-0.4, -0.2) is 35.7 Å². The number of likely N-dealkylation sites (tertiary alicyclic amines) is 1. The highest BCUT2D eigenvalue weighted by Gasteiger charge is 2.38. The summed E-state index contributed by atoms with van der Waals surface area (Å²) in [6.45, 7) is 7.58. The van der Waals surface area contributed by atoms with Gasteiger partial charge >= 0.3 is 0 Å². The number of aliphatic hydroxyl groups is 1. The summed E-state index contributed by atoms with van der Waals surface area (Å²) >= 11 is 0. The van der Waals surface area contributed by atoms with Crippen molar-refractivity contribution in [2.75, 3.05) is 13.6 Å². The Morgan fingerprint density at radius 3 is 2.09 bits per heavy atom. The fourth-order valence-electron chi connectivity index (χ4n) is 2.16. The second kappa shape index (κ2) is 2.76. The maximum absolute atomic E-state index is 9.65. The predicted molar refractivity (Wildman–Crippen MR) is 46.5 cm³/mol. The van der Waals surface area contributed by atoms with Gasteiger partial charge in [-0.05, 0) is 18.9 Å². The first-order chi connectivity index (χ1) is 4.93. The summed E-state index contributed by atoms with van der Waals surface area (Å²) in [4.78, 5) is 2.25. The number of hydrogen-bond acceptors (Lipinski definition) is 2. The molecule has 1 rings (SSSR count). The Hall–Kier alpha value is -0.0800. The molecule has 0 saturated carbocycles. The topological polar surface area (TPSA) is 23.5 Å². The Bertz CT molecular complexity index is 129. The molecule has 0 radical (unpaired) electrons. The van der Waals surface area contributed by atoms with Crippen LogP contribution in [0.5, 0.6) is 0 Å². The molecule has 1 heterocycles. The summed E-state index contributed by atoms with van der Waals surface area (Å²) in [5.74, 6) is 0. The summed E-state index contributed by atoms with van der Waals surface area (Å²) in [6, 6.07) is 0.336. The molecule has 1 aliphatic heterocycles. The molecule has 0 aromatic heterocycles. The van der Waals surface area contributed by atoms with Crippen molar-refractivity contribution in [3.8, 4) is 0 Å². The van der Waals surface area contributed by atoms with Crippen molar-refractivity contribution < 1.29 is 5.11 Å². The molecular weight excluding hydrogens is 138 g/mol. The van der Waals surface area contributed by atoms with Gasteiger partial charge in [0.2, 0.25) is 0 Å². The van der Waals surface area contributed by atoms with Gasteiger partial charge in [0.05, 0.1) is 6.10 Å². The molecule has 1 aliphatic rings. The molecule has 1 saturated heterocycles. The Balaban J connectivity index is 2.69. The molecule has 2 heteroatoms. The van der Waals surface area contributed by atoms with Crippen molar-refractivity contribution in [2.24, 2.45) is 5.41 Å². The van der Waals surface area contributed by atoms with E-state index in [0.717, 1.165) is 13.0 Å². The molecule has 1 N–H and O–H groups in total. The van der Waals surface area contributed by atoms with Crippen molar-refractivity contribution in [3.63, 3.8) is 0 Å². The van der Waals surface area contributed by atoms with E-state index < -0.39 is 0 Å². The Kier molecular flexibility index (Phi) is 2.26. The minimum absolute atomic E-state index is 0.125. The van der Waals surface area contributed by atoms with E-state index in [1.165, 1.54) is 0 Å². The largest absolute Gasteiger partial charge is 0.391 e. The lowest BCUT2D eigenvalue weighted by Gasteiger charge is -2.34. The van der Waals surface area contributed by atoms with Crippen LogP contribution in [0.3, 0.4) is 0 Å². The zero-order valence-electron chi connectivity index (χ0n) is 7.96. The van der Waals surface area contributed by atoms with Gasteiger partial charge in [-0.1, -0.05) is 20.8 Å². The molecule has 0 aromatic carbocycles. The van der Waals surface area contributed by atoms with Gasteiger partial charge in [0.15, 0.2) is 0 Å². The summed E-state index contributed by atoms with van der Waals surface area (Å²) in [6.07, 6.45) is 0.804. The van der Waals surface area contributed by atoms with Gasteiger partial charge in [0, 0.05) is 12.6 Å². The van der Waals surface area contributed by atoms with Crippen molar-refractivity contribution >= 4 is 0 Å². The van der Waals surface area contributed by atoms with Gasteiger partial charge in [-0.15, -0.1) is 0 Å². The van der Waals surface area contributed by atoms with E-state index in [4.69, 9.17) is 0 Å². The molecule has 0 bridgehead atoms. The van der Waals surface area contributed by atoms with E-state index in [-0.39, 0.29) is 11.5 Å². The van der Waals surface area contributed by atoms with E-state index in [0.29, 0.717) is 6.04 Å². The van der Waals surface area contributed by atoms with E-state index >= 15 is 0 Å². The monoisotopic (exact) mass is 157 g/mol. The number of rotatable bonds is 0. The number of nitrogens with zero attached hydrogens (tertiary/aromatic N) is 1. The second-order valence-electron chi connectivity index (χ2n) is 4.65. The number of aliphatic hydroxyl groups excluding tert-OH is 1. The molecule has 0 aliphatic carbocycles. The molecule has 1 fully saturated rings. The fraction of sp³-hybridized carbons (Fsp3) is 1.00. The van der Waals surface area contributed by atoms with Crippen LogP contribution in [0.4, 0.5) is 0 Å². The second-order valence-corrected chi connectivity index (χ2v) is 4.65. The quantitative estimate of drug-likeness (QED) is 0.569. The minimum atomic E-state index is -0.125. The molecule has 1 unspecified atom stereocenters. The van der Waals surface area contributed by atoms with Crippen molar-refractivity contribution in [3.05, 3.63) is 0 Å². The van der Waals surface area contributed by atoms with Gasteiger partial charge in [0.1, 0.15) is 0 Å². The summed E-state index contributed by atoms with van der Waals surface area (Å²) in [7, 11) is 2.09. The first kappa shape index (κ1) is 9.01. The molecule has 0 aromatic rings. The third-order valence-electron chi connectivity index (χ3n) is 2.50. The first-order valence-corrected chi connectivity index (χ1v) is 4.31. The van der Waals surface area contributed by atoms with Gasteiger partial charge in [0.25, 0.3) is 0 Å². The normalized spacial score (nSPS) is 34.6. The highest BCUT2D eigenvalue weighted by Crippen LogP contribution is 2.31. The third kappa shape index (κ3) is 1.74. The highest BCUT2D eigenvalue weighted by molar-refractivity contribution is 4.92. The Morgan fingerprint density at radius 2 is 1.91 bits per heavy atom. The lowest BCUT2D eigenvalue weighted by molar-refractivity contribution is 0.0579. The SMILES string of the molecule is CN1CCC(O)[C@@H]1C(C)(C)C. The number of likely N-dealkylation sites (N-methyl/N-ethyl adjacent to an activating group) is 1. The van der Waals surface area contributed by atoms with Crippen LogP contribution < -0.4 is 0 Å². The molecule has 0 amide bonds. The van der Waals surface area contributed by atoms with E-state index in [1.54, 1.807) is 0 Å². The average Bonchev–Trinajstić information content (AvgIpc) is 2.08. The Labute approximate surface area is 69.2 Å². The molecule has 2 nitrogen and oxygen atoms in total. The number of hydrogen-bond donors (Lipinski definition) is 1. The zero-order valence-corrected chi connectivity index (χ0v) is 7.96. The molecule has 0 spiro atoms. The smallest absolute Gasteiger partial charge is 0.0712 e. The van der Waals surface area contributed by atoms with Gasteiger partial charge in [-0.2, -0.15) is 0 Å². The van der Waals surface area contributed by atoms with Crippen LogP contribution in [-0.2, 0) is 0 Å². The lowest BCUT2D eigenvalue weighted by Crippen LogP contribution is -2.42. The lowest BCUT2D eigenvalue weighted by atomic mass is 9.84. The van der Waals surface area contributed by atoms with Crippen LogP contribution in [0.25, 0.3) is 0 Å². The maximum atomic E-state index is 9.65. The van der Waals surface area contributed by atoms with Crippen molar-refractivity contribution in [1.82, 2.24) is 4.90 Å². The van der Waals surface area contributed by atoms with Crippen molar-refractivity contribution in [2.45, 2.75) is 39.3 Å². The van der Waals surface area contributed by atoms with Gasteiger partial charge in [-0.3, -0.25) is 0 Å².